The Bertz CT molecular complexity index is 758. The number of nitrogens with zero attached hydrogens (tertiary/aromatic N) is 5. The van der Waals surface area contributed by atoms with E-state index >= 15 is 0 Å². The van der Waals surface area contributed by atoms with Gasteiger partial charge in [0.2, 0.25) is 5.95 Å². The highest BCUT2D eigenvalue weighted by molar-refractivity contribution is 9.10. The predicted octanol–water partition coefficient (Wildman–Crippen LogP) is 2.94. The summed E-state index contributed by atoms with van der Waals surface area (Å²) >= 11 is 3.56. The van der Waals surface area contributed by atoms with Gasteiger partial charge in [-0.15, -0.1) is 0 Å². The van der Waals surface area contributed by atoms with Crippen molar-refractivity contribution in [3.63, 3.8) is 0 Å². The molecule has 0 radical (unpaired) electrons. The van der Waals surface area contributed by atoms with E-state index in [0.717, 1.165) is 69.2 Å². The fraction of sp³-hybridized carbons (Fsp3) is 0.500. The maximum atomic E-state index is 4.91. The van der Waals surface area contributed by atoms with Crippen LogP contribution in [-0.2, 0) is 19.5 Å². The number of piperazine rings is 1. The lowest BCUT2D eigenvalue weighted by atomic mass is 10.1. The first-order valence-electron chi connectivity index (χ1n) is 9.50. The van der Waals surface area contributed by atoms with E-state index in [9.17, 15) is 0 Å². The zero-order valence-electron chi connectivity index (χ0n) is 15.4. The van der Waals surface area contributed by atoms with Crippen LogP contribution in [0, 0.1) is 0 Å². The van der Waals surface area contributed by atoms with E-state index in [-0.39, 0.29) is 0 Å². The summed E-state index contributed by atoms with van der Waals surface area (Å²) in [5, 5.41) is 0. The number of fused-ring (bicyclic) bond motifs is 1. The standard InChI is InChI=1S/C20H26BrN5/c1-2-24-8-10-26(11-9-24)20-22-13-17-15-25(7-6-19(17)23-20)14-16-4-3-5-18(21)12-16/h3-5,12-13H,2,6-11,14-15H2,1H3. The van der Waals surface area contributed by atoms with Gasteiger partial charge < -0.3 is 9.80 Å². The van der Waals surface area contributed by atoms with Crippen LogP contribution in [0.5, 0.6) is 0 Å². The van der Waals surface area contributed by atoms with Crippen LogP contribution in [0.2, 0.25) is 0 Å². The fourth-order valence-electron chi connectivity index (χ4n) is 3.81. The summed E-state index contributed by atoms with van der Waals surface area (Å²) in [5.74, 6) is 0.917. The molecule has 0 spiro atoms. The van der Waals surface area contributed by atoms with Crippen molar-refractivity contribution in [3.8, 4) is 0 Å². The molecule has 138 valence electrons. The molecule has 2 aromatic rings. The summed E-state index contributed by atoms with van der Waals surface area (Å²) in [7, 11) is 0. The first-order valence-corrected chi connectivity index (χ1v) is 10.3. The normalized spacial score (nSPS) is 18.8. The average molecular weight is 416 g/mol. The Hall–Kier alpha value is -1.50. The van der Waals surface area contributed by atoms with E-state index in [0.29, 0.717) is 0 Å². The third-order valence-corrected chi connectivity index (χ3v) is 5.89. The second-order valence-electron chi connectivity index (χ2n) is 7.15. The quantitative estimate of drug-likeness (QED) is 0.766. The third kappa shape index (κ3) is 4.08. The van der Waals surface area contributed by atoms with Crippen molar-refractivity contribution in [2.24, 2.45) is 0 Å². The number of rotatable bonds is 4. The van der Waals surface area contributed by atoms with Gasteiger partial charge in [0.05, 0.1) is 5.69 Å². The van der Waals surface area contributed by atoms with Crippen molar-refractivity contribution in [1.29, 1.82) is 0 Å². The number of halogens is 1. The molecular weight excluding hydrogens is 390 g/mol. The minimum absolute atomic E-state index is 0.917. The Labute approximate surface area is 164 Å². The second-order valence-corrected chi connectivity index (χ2v) is 8.07. The van der Waals surface area contributed by atoms with Crippen molar-refractivity contribution in [1.82, 2.24) is 19.8 Å². The zero-order valence-corrected chi connectivity index (χ0v) is 17.0. The largest absolute Gasteiger partial charge is 0.338 e. The van der Waals surface area contributed by atoms with Crippen LogP contribution >= 0.6 is 15.9 Å². The lowest BCUT2D eigenvalue weighted by Gasteiger charge is -2.35. The molecule has 5 nitrogen and oxygen atoms in total. The Balaban J connectivity index is 1.41. The molecule has 2 aliphatic rings. The molecule has 1 aromatic carbocycles. The molecule has 2 aliphatic heterocycles. The smallest absolute Gasteiger partial charge is 0.225 e. The molecule has 0 atom stereocenters. The molecule has 3 heterocycles. The van der Waals surface area contributed by atoms with Gasteiger partial charge in [-0.3, -0.25) is 4.90 Å². The van der Waals surface area contributed by atoms with Gasteiger partial charge in [-0.05, 0) is 24.2 Å². The Morgan fingerprint density at radius 1 is 1.08 bits per heavy atom. The van der Waals surface area contributed by atoms with Gasteiger partial charge in [-0.2, -0.15) is 0 Å². The first kappa shape index (κ1) is 17.9. The van der Waals surface area contributed by atoms with Gasteiger partial charge >= 0.3 is 0 Å². The predicted molar refractivity (Wildman–Crippen MR) is 108 cm³/mol. The lowest BCUT2D eigenvalue weighted by Crippen LogP contribution is -2.47. The number of anilines is 1. The summed E-state index contributed by atoms with van der Waals surface area (Å²) in [5.41, 5.74) is 3.86. The molecule has 0 bridgehead atoms. The highest BCUT2D eigenvalue weighted by atomic mass is 79.9. The molecule has 4 rings (SSSR count). The molecule has 1 saturated heterocycles. The van der Waals surface area contributed by atoms with Crippen LogP contribution in [0.15, 0.2) is 34.9 Å². The number of aromatic nitrogens is 2. The zero-order chi connectivity index (χ0) is 17.9. The highest BCUT2D eigenvalue weighted by Crippen LogP contribution is 2.22. The van der Waals surface area contributed by atoms with Gasteiger partial charge in [-0.1, -0.05) is 35.0 Å². The van der Waals surface area contributed by atoms with E-state index in [2.05, 4.69) is 73.0 Å². The van der Waals surface area contributed by atoms with Crippen molar-refractivity contribution in [3.05, 3.63) is 51.8 Å². The average Bonchev–Trinajstić information content (AvgIpc) is 2.68. The molecule has 26 heavy (non-hydrogen) atoms. The maximum absolute atomic E-state index is 4.91. The molecule has 0 unspecified atom stereocenters. The van der Waals surface area contributed by atoms with Crippen molar-refractivity contribution in [2.75, 3.05) is 44.2 Å². The van der Waals surface area contributed by atoms with Crippen LogP contribution in [0.1, 0.15) is 23.7 Å². The molecular formula is C20H26BrN5. The summed E-state index contributed by atoms with van der Waals surface area (Å²) in [6.45, 7) is 10.6. The van der Waals surface area contributed by atoms with E-state index in [1.54, 1.807) is 0 Å². The van der Waals surface area contributed by atoms with Gasteiger partial charge in [0.1, 0.15) is 0 Å². The van der Waals surface area contributed by atoms with Gasteiger partial charge in [-0.25, -0.2) is 9.97 Å². The topological polar surface area (TPSA) is 35.5 Å². The number of benzene rings is 1. The van der Waals surface area contributed by atoms with Crippen molar-refractivity contribution >= 4 is 21.9 Å². The minimum Gasteiger partial charge on any atom is -0.338 e. The molecule has 0 saturated carbocycles. The van der Waals surface area contributed by atoms with E-state index in [4.69, 9.17) is 4.98 Å². The lowest BCUT2D eigenvalue weighted by molar-refractivity contribution is 0.242. The molecule has 1 fully saturated rings. The molecule has 0 N–H and O–H groups in total. The number of likely N-dealkylation sites (N-methyl/N-ethyl adjacent to an activating group) is 1. The summed E-state index contributed by atoms with van der Waals surface area (Å²) in [6.07, 6.45) is 3.06. The Morgan fingerprint density at radius 3 is 2.69 bits per heavy atom. The number of hydrogen-bond donors (Lipinski definition) is 0. The molecule has 0 amide bonds. The summed E-state index contributed by atoms with van der Waals surface area (Å²) in [6, 6.07) is 8.57. The van der Waals surface area contributed by atoms with Crippen LogP contribution in [0.25, 0.3) is 0 Å². The SMILES string of the molecule is CCN1CCN(c2ncc3c(n2)CCN(Cc2cccc(Br)c2)C3)CC1. The Kier molecular flexibility index (Phi) is 5.52. The van der Waals surface area contributed by atoms with Gasteiger partial charge in [0.15, 0.2) is 0 Å². The minimum atomic E-state index is 0.917. The molecule has 1 aromatic heterocycles. The fourth-order valence-corrected chi connectivity index (χ4v) is 4.26. The van der Waals surface area contributed by atoms with Crippen LogP contribution < -0.4 is 4.90 Å². The molecule has 6 heteroatoms. The van der Waals surface area contributed by atoms with Crippen LogP contribution in [-0.4, -0.2) is 59.0 Å². The van der Waals surface area contributed by atoms with Gasteiger partial charge in [0.25, 0.3) is 0 Å². The third-order valence-electron chi connectivity index (χ3n) is 5.40. The Morgan fingerprint density at radius 2 is 1.92 bits per heavy atom. The first-order chi connectivity index (χ1) is 12.7. The van der Waals surface area contributed by atoms with Crippen molar-refractivity contribution in [2.45, 2.75) is 26.4 Å². The van der Waals surface area contributed by atoms with E-state index < -0.39 is 0 Å². The van der Waals surface area contributed by atoms with Crippen LogP contribution in [0.3, 0.4) is 0 Å². The summed E-state index contributed by atoms with van der Waals surface area (Å²) in [4.78, 5) is 16.9. The second kappa shape index (κ2) is 8.03. The van der Waals surface area contributed by atoms with Crippen LogP contribution in [0.4, 0.5) is 5.95 Å². The van der Waals surface area contributed by atoms with Crippen molar-refractivity contribution < 1.29 is 0 Å². The number of hydrogen-bond acceptors (Lipinski definition) is 5. The maximum Gasteiger partial charge on any atom is 0.225 e. The monoisotopic (exact) mass is 415 g/mol. The van der Waals surface area contributed by atoms with Gasteiger partial charge in [0, 0.05) is 68.5 Å². The molecule has 0 aliphatic carbocycles. The summed E-state index contributed by atoms with van der Waals surface area (Å²) < 4.78 is 1.14. The van der Waals surface area contributed by atoms with E-state index in [1.165, 1.54) is 16.8 Å². The highest BCUT2D eigenvalue weighted by Gasteiger charge is 2.22. The van der Waals surface area contributed by atoms with E-state index in [1.807, 2.05) is 0 Å².